The average molecular weight is 277 g/mol. The van der Waals surface area contributed by atoms with Gasteiger partial charge in [-0.15, -0.1) is 0 Å². The topological polar surface area (TPSA) is 39.9 Å². The Balaban J connectivity index is 1.78. The Morgan fingerprint density at radius 1 is 1.14 bits per heavy atom. The van der Waals surface area contributed by atoms with Gasteiger partial charge < -0.3 is 4.90 Å². The fourth-order valence-corrected chi connectivity index (χ4v) is 2.67. The predicted octanol–water partition coefficient (Wildman–Crippen LogP) is 3.76. The highest BCUT2D eigenvalue weighted by Gasteiger charge is 2.21. The predicted molar refractivity (Wildman–Crippen MR) is 83.8 cm³/mol. The van der Waals surface area contributed by atoms with Gasteiger partial charge in [-0.05, 0) is 36.5 Å². The highest BCUT2D eigenvalue weighted by Crippen LogP contribution is 2.29. The first-order chi connectivity index (χ1) is 10.3. The van der Waals surface area contributed by atoms with Gasteiger partial charge in [0.1, 0.15) is 11.9 Å². The minimum Gasteiger partial charge on any atom is -0.352 e. The molecule has 21 heavy (non-hydrogen) atoms. The maximum Gasteiger partial charge on any atom is 0.128 e. The van der Waals surface area contributed by atoms with E-state index in [0.29, 0.717) is 5.56 Å². The molecule has 106 valence electrons. The third kappa shape index (κ3) is 3.41. The first kappa shape index (κ1) is 13.6. The molecule has 0 amide bonds. The molecular formula is C18H19N3. The monoisotopic (exact) mass is 277 g/mol. The van der Waals surface area contributed by atoms with E-state index >= 15 is 0 Å². The Bertz CT molecular complexity index is 609. The Hall–Kier alpha value is -2.34. The zero-order valence-electron chi connectivity index (χ0n) is 12.1. The number of aromatic nitrogens is 1. The Labute approximate surface area is 125 Å². The molecule has 1 aliphatic rings. The number of nitriles is 1. The Morgan fingerprint density at radius 2 is 1.95 bits per heavy atom. The molecule has 0 N–H and O–H groups in total. The van der Waals surface area contributed by atoms with Crippen LogP contribution in [0.1, 0.15) is 30.4 Å². The lowest BCUT2D eigenvalue weighted by atomic mass is 9.85. The first-order valence-corrected chi connectivity index (χ1v) is 7.50. The number of rotatable bonds is 5. The molecule has 3 heteroatoms. The minimum atomic E-state index is 0.613. The molecule has 1 saturated carbocycles. The number of pyridine rings is 1. The summed E-state index contributed by atoms with van der Waals surface area (Å²) in [5.41, 5.74) is 1.91. The van der Waals surface area contributed by atoms with Crippen molar-refractivity contribution in [1.29, 1.82) is 5.26 Å². The Kier molecular flexibility index (Phi) is 4.16. The lowest BCUT2D eigenvalue weighted by Crippen LogP contribution is -2.32. The van der Waals surface area contributed by atoms with Crippen LogP contribution in [0, 0.1) is 17.2 Å². The van der Waals surface area contributed by atoms with E-state index < -0.39 is 0 Å². The maximum atomic E-state index is 8.89. The second-order valence-corrected chi connectivity index (χ2v) is 5.68. The molecule has 1 aliphatic carbocycles. The van der Waals surface area contributed by atoms with Crippen molar-refractivity contribution in [2.75, 3.05) is 11.4 Å². The van der Waals surface area contributed by atoms with Crippen LogP contribution < -0.4 is 4.90 Å². The summed E-state index contributed by atoms with van der Waals surface area (Å²) >= 11 is 0. The second-order valence-electron chi connectivity index (χ2n) is 5.68. The second kappa shape index (κ2) is 6.41. The van der Waals surface area contributed by atoms with Gasteiger partial charge in [0.05, 0.1) is 5.56 Å². The molecule has 1 fully saturated rings. The SMILES string of the molecule is N#Cc1ccc(N(Cc2ccccc2)CC2CCC2)nc1. The van der Waals surface area contributed by atoms with Gasteiger partial charge >= 0.3 is 0 Å². The summed E-state index contributed by atoms with van der Waals surface area (Å²) in [7, 11) is 0. The molecule has 1 aromatic carbocycles. The van der Waals surface area contributed by atoms with E-state index in [0.717, 1.165) is 24.8 Å². The van der Waals surface area contributed by atoms with Crippen molar-refractivity contribution in [3.63, 3.8) is 0 Å². The van der Waals surface area contributed by atoms with E-state index in [1.165, 1.54) is 24.8 Å². The van der Waals surface area contributed by atoms with Gasteiger partial charge in [0.15, 0.2) is 0 Å². The van der Waals surface area contributed by atoms with Crippen LogP contribution in [0.5, 0.6) is 0 Å². The highest BCUT2D eigenvalue weighted by atomic mass is 15.2. The lowest BCUT2D eigenvalue weighted by molar-refractivity contribution is 0.316. The number of nitrogens with zero attached hydrogens (tertiary/aromatic N) is 3. The van der Waals surface area contributed by atoms with Crippen LogP contribution in [0.2, 0.25) is 0 Å². The van der Waals surface area contributed by atoms with E-state index in [2.05, 4.69) is 40.2 Å². The number of benzene rings is 1. The lowest BCUT2D eigenvalue weighted by Gasteiger charge is -2.33. The van der Waals surface area contributed by atoms with Crippen LogP contribution in [0.15, 0.2) is 48.7 Å². The first-order valence-electron chi connectivity index (χ1n) is 7.50. The summed E-state index contributed by atoms with van der Waals surface area (Å²) in [5, 5.41) is 8.89. The van der Waals surface area contributed by atoms with E-state index in [4.69, 9.17) is 5.26 Å². The largest absolute Gasteiger partial charge is 0.352 e. The summed E-state index contributed by atoms with van der Waals surface area (Å²) in [6.45, 7) is 1.92. The van der Waals surface area contributed by atoms with Crippen molar-refractivity contribution in [2.24, 2.45) is 5.92 Å². The molecule has 1 aromatic heterocycles. The Morgan fingerprint density at radius 3 is 2.52 bits per heavy atom. The van der Waals surface area contributed by atoms with Crippen LogP contribution in [-0.2, 0) is 6.54 Å². The molecule has 0 unspecified atom stereocenters. The van der Waals surface area contributed by atoms with Gasteiger partial charge in [-0.25, -0.2) is 4.98 Å². The average Bonchev–Trinajstić information content (AvgIpc) is 2.51. The van der Waals surface area contributed by atoms with Gasteiger partial charge in [0, 0.05) is 19.3 Å². The van der Waals surface area contributed by atoms with Gasteiger partial charge in [-0.1, -0.05) is 36.8 Å². The molecule has 0 bridgehead atoms. The van der Waals surface area contributed by atoms with E-state index in [1.807, 2.05) is 18.2 Å². The third-order valence-electron chi connectivity index (χ3n) is 4.12. The van der Waals surface area contributed by atoms with Crippen LogP contribution in [0.4, 0.5) is 5.82 Å². The molecule has 2 aromatic rings. The van der Waals surface area contributed by atoms with Crippen molar-refractivity contribution < 1.29 is 0 Å². The van der Waals surface area contributed by atoms with Crippen molar-refractivity contribution in [1.82, 2.24) is 4.98 Å². The van der Waals surface area contributed by atoms with Crippen molar-refractivity contribution in [2.45, 2.75) is 25.8 Å². The summed E-state index contributed by atoms with van der Waals surface area (Å²) in [4.78, 5) is 6.79. The summed E-state index contributed by atoms with van der Waals surface area (Å²) in [6.07, 6.45) is 5.65. The molecule has 3 nitrogen and oxygen atoms in total. The van der Waals surface area contributed by atoms with E-state index in [9.17, 15) is 0 Å². The molecule has 0 atom stereocenters. The molecule has 0 spiro atoms. The van der Waals surface area contributed by atoms with Crippen molar-refractivity contribution in [3.8, 4) is 6.07 Å². The molecule has 1 heterocycles. The molecule has 3 rings (SSSR count). The summed E-state index contributed by atoms with van der Waals surface area (Å²) in [5.74, 6) is 1.75. The van der Waals surface area contributed by atoms with E-state index in [-0.39, 0.29) is 0 Å². The van der Waals surface area contributed by atoms with Gasteiger partial charge in [0.2, 0.25) is 0 Å². The van der Waals surface area contributed by atoms with Crippen LogP contribution >= 0.6 is 0 Å². The van der Waals surface area contributed by atoms with Crippen LogP contribution in [-0.4, -0.2) is 11.5 Å². The van der Waals surface area contributed by atoms with Crippen LogP contribution in [0.3, 0.4) is 0 Å². The zero-order valence-corrected chi connectivity index (χ0v) is 12.1. The molecule has 0 aliphatic heterocycles. The third-order valence-corrected chi connectivity index (χ3v) is 4.12. The fraction of sp³-hybridized carbons (Fsp3) is 0.333. The normalized spacial score (nSPS) is 14.2. The molecular weight excluding hydrogens is 258 g/mol. The summed E-state index contributed by atoms with van der Waals surface area (Å²) in [6, 6.07) is 16.4. The van der Waals surface area contributed by atoms with Gasteiger partial charge in [0.25, 0.3) is 0 Å². The van der Waals surface area contributed by atoms with Crippen molar-refractivity contribution >= 4 is 5.82 Å². The smallest absolute Gasteiger partial charge is 0.128 e. The quantitative estimate of drug-likeness (QED) is 0.835. The number of hydrogen-bond acceptors (Lipinski definition) is 3. The van der Waals surface area contributed by atoms with E-state index in [1.54, 1.807) is 6.20 Å². The standard InChI is InChI=1S/C18H19N3/c19-11-17-9-10-18(20-12-17)21(14-16-7-4-8-16)13-15-5-2-1-3-6-15/h1-3,5-6,9-10,12,16H,4,7-8,13-14H2. The summed E-state index contributed by atoms with van der Waals surface area (Å²) < 4.78 is 0. The zero-order chi connectivity index (χ0) is 14.5. The number of hydrogen-bond donors (Lipinski definition) is 0. The molecule has 0 radical (unpaired) electrons. The van der Waals surface area contributed by atoms with Crippen LogP contribution in [0.25, 0.3) is 0 Å². The fourth-order valence-electron chi connectivity index (χ4n) is 2.67. The molecule has 0 saturated heterocycles. The van der Waals surface area contributed by atoms with Gasteiger partial charge in [-0.3, -0.25) is 0 Å². The maximum absolute atomic E-state index is 8.89. The van der Waals surface area contributed by atoms with Crippen molar-refractivity contribution in [3.05, 3.63) is 59.8 Å². The minimum absolute atomic E-state index is 0.613. The highest BCUT2D eigenvalue weighted by molar-refractivity contribution is 5.43. The van der Waals surface area contributed by atoms with Gasteiger partial charge in [-0.2, -0.15) is 5.26 Å². The number of anilines is 1.